The summed E-state index contributed by atoms with van der Waals surface area (Å²) in [7, 11) is 0. The standard InChI is InChI=1S/C19H22N2O2/c20-14-15-6-8-16(9-7-15)19(22)21-12-10-18(11-13-21)23-17-4-2-1-3-5-17/h1-9,18H,10-14,20H2. The van der Waals surface area contributed by atoms with Gasteiger partial charge in [0.05, 0.1) is 0 Å². The van der Waals surface area contributed by atoms with Crippen molar-refractivity contribution in [2.75, 3.05) is 13.1 Å². The fourth-order valence-corrected chi connectivity index (χ4v) is 2.83. The Balaban J connectivity index is 1.54. The fourth-order valence-electron chi connectivity index (χ4n) is 2.83. The molecule has 23 heavy (non-hydrogen) atoms. The number of piperidine rings is 1. The molecule has 0 radical (unpaired) electrons. The van der Waals surface area contributed by atoms with Gasteiger partial charge in [0.1, 0.15) is 11.9 Å². The minimum Gasteiger partial charge on any atom is -0.490 e. The number of para-hydroxylation sites is 1. The molecule has 1 fully saturated rings. The molecule has 2 N–H and O–H groups in total. The first kappa shape index (κ1) is 15.6. The third-order valence-corrected chi connectivity index (χ3v) is 4.21. The number of carbonyl (C=O) groups is 1. The predicted molar refractivity (Wildman–Crippen MR) is 90.3 cm³/mol. The van der Waals surface area contributed by atoms with Crippen LogP contribution in [0.3, 0.4) is 0 Å². The summed E-state index contributed by atoms with van der Waals surface area (Å²) in [6.45, 7) is 1.96. The molecule has 1 aliphatic rings. The van der Waals surface area contributed by atoms with E-state index in [0.29, 0.717) is 6.54 Å². The van der Waals surface area contributed by atoms with Crippen LogP contribution in [0, 0.1) is 0 Å². The van der Waals surface area contributed by atoms with Gasteiger partial charge in [-0.05, 0) is 29.8 Å². The Morgan fingerprint density at radius 3 is 2.30 bits per heavy atom. The second-order valence-corrected chi connectivity index (χ2v) is 5.82. The third-order valence-electron chi connectivity index (χ3n) is 4.21. The van der Waals surface area contributed by atoms with Gasteiger partial charge < -0.3 is 15.4 Å². The normalized spacial score (nSPS) is 15.4. The Morgan fingerprint density at radius 2 is 1.70 bits per heavy atom. The van der Waals surface area contributed by atoms with E-state index in [1.807, 2.05) is 59.5 Å². The molecular formula is C19H22N2O2. The summed E-state index contributed by atoms with van der Waals surface area (Å²) in [5.41, 5.74) is 7.35. The topological polar surface area (TPSA) is 55.6 Å². The van der Waals surface area contributed by atoms with Crippen LogP contribution >= 0.6 is 0 Å². The Hall–Kier alpha value is -2.33. The summed E-state index contributed by atoms with van der Waals surface area (Å²) in [5.74, 6) is 0.987. The van der Waals surface area contributed by atoms with Crippen LogP contribution in [0.4, 0.5) is 0 Å². The van der Waals surface area contributed by atoms with Crippen molar-refractivity contribution in [3.05, 3.63) is 65.7 Å². The van der Waals surface area contributed by atoms with Crippen LogP contribution in [0.1, 0.15) is 28.8 Å². The van der Waals surface area contributed by atoms with E-state index in [2.05, 4.69) is 0 Å². The Morgan fingerprint density at radius 1 is 1.04 bits per heavy atom. The summed E-state index contributed by atoms with van der Waals surface area (Å²) < 4.78 is 5.97. The molecule has 0 unspecified atom stereocenters. The molecule has 4 nitrogen and oxygen atoms in total. The molecule has 120 valence electrons. The molecular weight excluding hydrogens is 288 g/mol. The molecule has 2 aromatic carbocycles. The van der Waals surface area contributed by atoms with E-state index in [1.165, 1.54) is 0 Å². The van der Waals surface area contributed by atoms with Gasteiger partial charge in [0.25, 0.3) is 5.91 Å². The monoisotopic (exact) mass is 310 g/mol. The van der Waals surface area contributed by atoms with Crippen molar-refractivity contribution in [3.8, 4) is 5.75 Å². The largest absolute Gasteiger partial charge is 0.490 e. The van der Waals surface area contributed by atoms with Gasteiger partial charge in [0, 0.05) is 38.0 Å². The van der Waals surface area contributed by atoms with Crippen LogP contribution in [0.15, 0.2) is 54.6 Å². The first-order valence-electron chi connectivity index (χ1n) is 8.06. The second-order valence-electron chi connectivity index (χ2n) is 5.82. The molecule has 0 atom stereocenters. The number of hydrogen-bond acceptors (Lipinski definition) is 3. The van der Waals surface area contributed by atoms with Gasteiger partial charge in [-0.1, -0.05) is 30.3 Å². The number of ether oxygens (including phenoxy) is 1. The minimum atomic E-state index is 0.0896. The van der Waals surface area contributed by atoms with E-state index in [9.17, 15) is 4.79 Å². The highest BCUT2D eigenvalue weighted by molar-refractivity contribution is 5.94. The van der Waals surface area contributed by atoms with Crippen molar-refractivity contribution >= 4 is 5.91 Å². The molecule has 4 heteroatoms. The highest BCUT2D eigenvalue weighted by Gasteiger charge is 2.24. The molecule has 1 saturated heterocycles. The summed E-state index contributed by atoms with van der Waals surface area (Å²) in [5, 5.41) is 0. The highest BCUT2D eigenvalue weighted by Crippen LogP contribution is 2.20. The number of rotatable bonds is 4. The summed E-state index contributed by atoms with van der Waals surface area (Å²) >= 11 is 0. The number of benzene rings is 2. The Bertz CT molecular complexity index is 632. The molecule has 3 rings (SSSR count). The maximum Gasteiger partial charge on any atom is 0.253 e. The van der Waals surface area contributed by atoms with E-state index < -0.39 is 0 Å². The number of amides is 1. The molecule has 1 aliphatic heterocycles. The van der Waals surface area contributed by atoms with Crippen LogP contribution in [0.2, 0.25) is 0 Å². The van der Waals surface area contributed by atoms with E-state index in [0.717, 1.165) is 42.8 Å². The maximum absolute atomic E-state index is 12.5. The second kappa shape index (κ2) is 7.29. The summed E-state index contributed by atoms with van der Waals surface area (Å²) in [4.78, 5) is 14.4. The van der Waals surface area contributed by atoms with Crippen molar-refractivity contribution in [1.82, 2.24) is 4.90 Å². The average Bonchev–Trinajstić information content (AvgIpc) is 2.63. The lowest BCUT2D eigenvalue weighted by Crippen LogP contribution is -2.41. The first-order chi connectivity index (χ1) is 11.3. The quantitative estimate of drug-likeness (QED) is 0.945. The van der Waals surface area contributed by atoms with Crippen molar-refractivity contribution in [2.24, 2.45) is 5.73 Å². The predicted octanol–water partition coefficient (Wildman–Crippen LogP) is 2.83. The van der Waals surface area contributed by atoms with Crippen LogP contribution in [-0.4, -0.2) is 30.0 Å². The van der Waals surface area contributed by atoms with Gasteiger partial charge in [-0.15, -0.1) is 0 Å². The van der Waals surface area contributed by atoms with E-state index in [4.69, 9.17) is 10.5 Å². The molecule has 0 aliphatic carbocycles. The van der Waals surface area contributed by atoms with Gasteiger partial charge in [-0.3, -0.25) is 4.79 Å². The zero-order valence-electron chi connectivity index (χ0n) is 13.2. The number of nitrogens with two attached hydrogens (primary N) is 1. The molecule has 0 aromatic heterocycles. The zero-order chi connectivity index (χ0) is 16.1. The zero-order valence-corrected chi connectivity index (χ0v) is 13.2. The average molecular weight is 310 g/mol. The third kappa shape index (κ3) is 3.90. The maximum atomic E-state index is 12.5. The van der Waals surface area contributed by atoms with Gasteiger partial charge >= 0.3 is 0 Å². The van der Waals surface area contributed by atoms with Crippen LogP contribution in [-0.2, 0) is 6.54 Å². The SMILES string of the molecule is NCc1ccc(C(=O)N2CCC(Oc3ccccc3)CC2)cc1. The molecule has 0 saturated carbocycles. The van der Waals surface area contributed by atoms with Crippen molar-refractivity contribution in [2.45, 2.75) is 25.5 Å². The molecule has 1 amide bonds. The molecule has 2 aromatic rings. The van der Waals surface area contributed by atoms with Gasteiger partial charge in [-0.25, -0.2) is 0 Å². The molecule has 0 bridgehead atoms. The number of carbonyl (C=O) groups excluding carboxylic acids is 1. The Labute approximate surface area is 136 Å². The van der Waals surface area contributed by atoms with Crippen molar-refractivity contribution in [3.63, 3.8) is 0 Å². The lowest BCUT2D eigenvalue weighted by Gasteiger charge is -2.32. The summed E-state index contributed by atoms with van der Waals surface area (Å²) in [6, 6.07) is 17.4. The van der Waals surface area contributed by atoms with Gasteiger partial charge in [-0.2, -0.15) is 0 Å². The first-order valence-corrected chi connectivity index (χ1v) is 8.06. The van der Waals surface area contributed by atoms with Crippen molar-refractivity contribution in [1.29, 1.82) is 0 Å². The fraction of sp³-hybridized carbons (Fsp3) is 0.316. The number of nitrogens with zero attached hydrogens (tertiary/aromatic N) is 1. The van der Waals surface area contributed by atoms with Crippen molar-refractivity contribution < 1.29 is 9.53 Å². The Kier molecular flexibility index (Phi) is 4.93. The van der Waals surface area contributed by atoms with E-state index >= 15 is 0 Å². The van der Waals surface area contributed by atoms with Gasteiger partial charge in [0.2, 0.25) is 0 Å². The molecule has 1 heterocycles. The van der Waals surface area contributed by atoms with Crippen LogP contribution in [0.25, 0.3) is 0 Å². The smallest absolute Gasteiger partial charge is 0.253 e. The lowest BCUT2D eigenvalue weighted by molar-refractivity contribution is 0.0595. The summed E-state index contributed by atoms with van der Waals surface area (Å²) in [6.07, 6.45) is 1.91. The number of likely N-dealkylation sites (tertiary alicyclic amines) is 1. The highest BCUT2D eigenvalue weighted by atomic mass is 16.5. The van der Waals surface area contributed by atoms with E-state index in [-0.39, 0.29) is 12.0 Å². The van der Waals surface area contributed by atoms with Crippen LogP contribution < -0.4 is 10.5 Å². The molecule has 0 spiro atoms. The lowest BCUT2D eigenvalue weighted by atomic mass is 10.1. The van der Waals surface area contributed by atoms with E-state index in [1.54, 1.807) is 0 Å². The minimum absolute atomic E-state index is 0.0896. The van der Waals surface area contributed by atoms with Crippen LogP contribution in [0.5, 0.6) is 5.75 Å². The van der Waals surface area contributed by atoms with Gasteiger partial charge in [0.15, 0.2) is 0 Å². The number of hydrogen-bond donors (Lipinski definition) is 1.